The van der Waals surface area contributed by atoms with Gasteiger partial charge in [0.05, 0.1) is 18.7 Å². The zero-order valence-electron chi connectivity index (χ0n) is 13.7. The Labute approximate surface area is 155 Å². The van der Waals surface area contributed by atoms with Gasteiger partial charge in [0.1, 0.15) is 5.75 Å². The summed E-state index contributed by atoms with van der Waals surface area (Å²) in [7, 11) is 0. The topological polar surface area (TPSA) is 103 Å². The molecule has 26 heavy (non-hydrogen) atoms. The summed E-state index contributed by atoms with van der Waals surface area (Å²) in [6.07, 6.45) is -0.159. The maximum absolute atomic E-state index is 10.9. The first-order valence-electron chi connectivity index (χ1n) is 7.89. The monoisotopic (exact) mass is 375 g/mol. The lowest BCUT2D eigenvalue weighted by atomic mass is 10.2. The molecule has 0 spiro atoms. The first-order valence-corrected chi connectivity index (χ1v) is 8.27. The lowest BCUT2D eigenvalue weighted by Crippen LogP contribution is -2.52. The Morgan fingerprint density at radius 1 is 1.23 bits per heavy atom. The maximum atomic E-state index is 10.9. The quantitative estimate of drug-likeness (QED) is 0.709. The normalized spacial score (nSPS) is 15.3. The molecule has 0 bridgehead atoms. The van der Waals surface area contributed by atoms with Crippen molar-refractivity contribution < 1.29 is 14.6 Å². The molecule has 9 heteroatoms. The van der Waals surface area contributed by atoms with Crippen molar-refractivity contribution >= 4 is 29.3 Å². The van der Waals surface area contributed by atoms with Crippen LogP contribution in [0.25, 0.3) is 0 Å². The van der Waals surface area contributed by atoms with Crippen LogP contribution < -0.4 is 21.0 Å². The van der Waals surface area contributed by atoms with Gasteiger partial charge in [-0.1, -0.05) is 29.8 Å². The molecule has 0 amide bonds. The van der Waals surface area contributed by atoms with Gasteiger partial charge < -0.3 is 15.6 Å². The van der Waals surface area contributed by atoms with Crippen LogP contribution in [-0.2, 0) is 4.79 Å². The highest BCUT2D eigenvalue weighted by Gasteiger charge is 2.31. The number of nitrogens with two attached hydrogens (primary N) is 1. The van der Waals surface area contributed by atoms with E-state index in [-0.39, 0.29) is 19.0 Å². The minimum Gasteiger partial charge on any atom is -0.481 e. The molecule has 0 fully saturated rings. The van der Waals surface area contributed by atoms with Crippen molar-refractivity contribution in [3.63, 3.8) is 0 Å². The van der Waals surface area contributed by atoms with Crippen molar-refractivity contribution in [3.05, 3.63) is 59.6 Å². The van der Waals surface area contributed by atoms with Gasteiger partial charge in [0.25, 0.3) is 0 Å². The van der Waals surface area contributed by atoms with Gasteiger partial charge in [-0.2, -0.15) is 0 Å². The smallest absolute Gasteiger partial charge is 0.337 e. The van der Waals surface area contributed by atoms with Crippen LogP contribution in [0.15, 0.2) is 59.7 Å². The molecular weight excluding hydrogens is 358 g/mol. The molecule has 3 rings (SSSR count). The summed E-state index contributed by atoms with van der Waals surface area (Å²) in [6.45, 7) is 0.220. The number of anilines is 1. The van der Waals surface area contributed by atoms with E-state index in [1.54, 1.807) is 34.4 Å². The minimum absolute atomic E-state index is 0.159. The fourth-order valence-electron chi connectivity index (χ4n) is 2.42. The van der Waals surface area contributed by atoms with Crippen LogP contribution in [0.2, 0.25) is 5.02 Å². The third-order valence-electron chi connectivity index (χ3n) is 3.55. The zero-order chi connectivity index (χ0) is 18.5. The van der Waals surface area contributed by atoms with E-state index < -0.39 is 12.0 Å². The Bertz CT molecular complexity index is 785. The number of hydrogen-bond acceptors (Lipinski definition) is 7. The number of benzene rings is 2. The van der Waals surface area contributed by atoms with E-state index in [4.69, 9.17) is 27.2 Å². The van der Waals surface area contributed by atoms with Gasteiger partial charge in [0, 0.05) is 11.1 Å². The molecule has 0 unspecified atom stereocenters. The summed E-state index contributed by atoms with van der Waals surface area (Å²) in [6, 6.07) is 16.0. The summed E-state index contributed by atoms with van der Waals surface area (Å²) in [5.41, 5.74) is 9.51. The predicted molar refractivity (Wildman–Crippen MR) is 98.5 cm³/mol. The van der Waals surface area contributed by atoms with Crippen molar-refractivity contribution in [1.29, 1.82) is 0 Å². The molecule has 2 aromatic carbocycles. The second-order valence-electron chi connectivity index (χ2n) is 5.64. The van der Waals surface area contributed by atoms with Crippen molar-refractivity contribution in [1.82, 2.24) is 10.7 Å². The minimum atomic E-state index is -0.957. The molecule has 0 saturated carbocycles. The number of hydrazone groups is 1. The molecule has 136 valence electrons. The standard InChI is InChI=1S/C17H18ClN5O3/c18-12-6-8-15(9-7-12)26-17-20-21-22(11-13(19)10-16(24)25)23(17)14-4-2-1-3-5-14/h1-9,13,21H,10-11,19H2,(H,24,25)/t13-/m0/s1. The second kappa shape index (κ2) is 8.05. The van der Waals surface area contributed by atoms with Crippen molar-refractivity contribution in [2.45, 2.75) is 12.5 Å². The molecular formula is C17H18ClN5O3. The number of nitrogens with zero attached hydrogens (tertiary/aromatic N) is 3. The Hall–Kier alpha value is -2.81. The number of ether oxygens (including phenoxy) is 1. The number of carboxylic acids is 1. The Kier molecular flexibility index (Phi) is 5.57. The Balaban J connectivity index is 1.79. The number of nitrogens with one attached hydrogen (secondary N) is 1. The van der Waals surface area contributed by atoms with Crippen LogP contribution in [0, 0.1) is 0 Å². The first kappa shape index (κ1) is 18.0. The van der Waals surface area contributed by atoms with Crippen molar-refractivity contribution in [2.75, 3.05) is 11.6 Å². The number of carboxylic acid groups (broad SMARTS) is 1. The number of rotatable bonds is 6. The van der Waals surface area contributed by atoms with Gasteiger partial charge in [-0.15, -0.1) is 10.2 Å². The van der Waals surface area contributed by atoms with Gasteiger partial charge in [0.15, 0.2) is 0 Å². The number of aliphatic carboxylic acids is 1. The van der Waals surface area contributed by atoms with Gasteiger partial charge >= 0.3 is 12.0 Å². The number of para-hydroxylation sites is 1. The summed E-state index contributed by atoms with van der Waals surface area (Å²) >= 11 is 5.90. The second-order valence-corrected chi connectivity index (χ2v) is 6.07. The van der Waals surface area contributed by atoms with Crippen molar-refractivity contribution in [2.24, 2.45) is 10.8 Å². The van der Waals surface area contributed by atoms with Crippen LogP contribution in [0.5, 0.6) is 5.75 Å². The van der Waals surface area contributed by atoms with Crippen molar-refractivity contribution in [3.8, 4) is 5.75 Å². The largest absolute Gasteiger partial charge is 0.481 e. The van der Waals surface area contributed by atoms with Crippen LogP contribution in [-0.4, -0.2) is 34.8 Å². The number of halogens is 1. The van der Waals surface area contributed by atoms with Gasteiger partial charge in [0.2, 0.25) is 0 Å². The molecule has 0 aromatic heterocycles. The molecule has 0 aliphatic carbocycles. The molecule has 1 atom stereocenters. The lowest BCUT2D eigenvalue weighted by Gasteiger charge is -2.29. The number of amidine groups is 1. The van der Waals surface area contributed by atoms with E-state index in [1.165, 1.54) is 0 Å². The molecule has 1 aliphatic rings. The highest BCUT2D eigenvalue weighted by atomic mass is 35.5. The summed E-state index contributed by atoms with van der Waals surface area (Å²) < 4.78 is 5.85. The van der Waals surface area contributed by atoms with Gasteiger partial charge in [-0.05, 0) is 36.4 Å². The fourth-order valence-corrected chi connectivity index (χ4v) is 2.55. The lowest BCUT2D eigenvalue weighted by molar-refractivity contribution is -0.137. The Morgan fingerprint density at radius 2 is 1.92 bits per heavy atom. The third-order valence-corrected chi connectivity index (χ3v) is 3.80. The number of hydrogen-bond donors (Lipinski definition) is 3. The average molecular weight is 376 g/mol. The summed E-state index contributed by atoms with van der Waals surface area (Å²) in [5.74, 6) is -0.394. The summed E-state index contributed by atoms with van der Waals surface area (Å²) in [5, 5.41) is 17.0. The molecule has 1 heterocycles. The van der Waals surface area contributed by atoms with Gasteiger partial charge in [-0.3, -0.25) is 4.79 Å². The van der Waals surface area contributed by atoms with Crippen LogP contribution in [0.4, 0.5) is 5.69 Å². The van der Waals surface area contributed by atoms with Crippen LogP contribution >= 0.6 is 11.6 Å². The molecule has 4 N–H and O–H groups in total. The zero-order valence-corrected chi connectivity index (χ0v) is 14.5. The first-order chi connectivity index (χ1) is 12.5. The molecule has 0 radical (unpaired) electrons. The van der Waals surface area contributed by atoms with Gasteiger partial charge in [-0.25, -0.2) is 10.5 Å². The van der Waals surface area contributed by atoms with E-state index in [2.05, 4.69) is 10.6 Å². The third kappa shape index (κ3) is 4.42. The number of carbonyl (C=O) groups is 1. The number of hydrazine groups is 2. The van der Waals surface area contributed by atoms with E-state index in [9.17, 15) is 4.79 Å². The predicted octanol–water partition coefficient (Wildman–Crippen LogP) is 2.03. The average Bonchev–Trinajstić information content (AvgIpc) is 2.99. The SMILES string of the molecule is N[C@@H](CC(=O)O)CN1NN=C(Oc2ccc(Cl)cc2)N1c1ccccc1. The fraction of sp³-hybridized carbons (Fsp3) is 0.176. The van der Waals surface area contributed by atoms with Crippen LogP contribution in [0.1, 0.15) is 6.42 Å². The molecule has 2 aromatic rings. The highest BCUT2D eigenvalue weighted by molar-refractivity contribution is 6.30. The summed E-state index contributed by atoms with van der Waals surface area (Å²) in [4.78, 5) is 10.9. The molecule has 1 aliphatic heterocycles. The van der Waals surface area contributed by atoms with E-state index >= 15 is 0 Å². The molecule has 0 saturated heterocycles. The molecule has 8 nitrogen and oxygen atoms in total. The highest BCUT2D eigenvalue weighted by Crippen LogP contribution is 2.22. The van der Waals surface area contributed by atoms with E-state index in [0.29, 0.717) is 10.8 Å². The Morgan fingerprint density at radius 3 is 2.58 bits per heavy atom. The van der Waals surface area contributed by atoms with Crippen LogP contribution in [0.3, 0.4) is 0 Å². The van der Waals surface area contributed by atoms with E-state index in [1.807, 2.05) is 30.3 Å². The van der Waals surface area contributed by atoms with E-state index in [0.717, 1.165) is 5.69 Å². The maximum Gasteiger partial charge on any atom is 0.337 e.